The number of aromatic nitrogens is 3. The Balaban J connectivity index is 1.61. The Hall–Kier alpha value is -4.22. The lowest BCUT2D eigenvalue weighted by atomic mass is 9.92. The van der Waals surface area contributed by atoms with Crippen LogP contribution in [0.1, 0.15) is 30.4 Å². The van der Waals surface area contributed by atoms with Gasteiger partial charge in [-0.2, -0.15) is 10.4 Å². The summed E-state index contributed by atoms with van der Waals surface area (Å²) in [7, 11) is 0. The van der Waals surface area contributed by atoms with Crippen LogP contribution in [-0.2, 0) is 0 Å². The van der Waals surface area contributed by atoms with Crippen molar-refractivity contribution in [2.75, 3.05) is 18.0 Å². The average Bonchev–Trinajstić information content (AvgIpc) is 3.60. The number of fused-ring (bicyclic) bond motifs is 1. The molecular formula is C29H24FN5OS. The number of hydrogen-bond acceptors (Lipinski definition) is 6. The number of nitrogens with one attached hydrogen (secondary N) is 1. The molecule has 1 aliphatic rings. The Morgan fingerprint density at radius 2 is 1.89 bits per heavy atom. The van der Waals surface area contributed by atoms with Crippen LogP contribution in [-0.4, -0.2) is 33.4 Å². The molecule has 0 saturated carbocycles. The smallest absolute Gasteiger partial charge is 0.182 e. The van der Waals surface area contributed by atoms with E-state index < -0.39 is 5.82 Å². The third kappa shape index (κ3) is 4.02. The summed E-state index contributed by atoms with van der Waals surface area (Å²) in [6, 6.07) is 17.1. The molecule has 0 radical (unpaired) electrons. The Morgan fingerprint density at radius 3 is 2.59 bits per heavy atom. The van der Waals surface area contributed by atoms with Crippen molar-refractivity contribution in [2.24, 2.45) is 0 Å². The van der Waals surface area contributed by atoms with Crippen molar-refractivity contribution in [2.45, 2.75) is 26.2 Å². The highest BCUT2D eigenvalue weighted by Crippen LogP contribution is 2.42. The predicted octanol–water partition coefficient (Wildman–Crippen LogP) is 7.04. The van der Waals surface area contributed by atoms with Gasteiger partial charge in [0, 0.05) is 36.0 Å². The summed E-state index contributed by atoms with van der Waals surface area (Å²) >= 11 is 1.56. The number of phenolic OH excluding ortho intramolecular Hbond substituents is 1. The Labute approximate surface area is 217 Å². The van der Waals surface area contributed by atoms with Gasteiger partial charge in [-0.1, -0.05) is 18.2 Å². The van der Waals surface area contributed by atoms with E-state index in [1.807, 2.05) is 29.6 Å². The number of rotatable bonds is 4. The second-order valence-corrected chi connectivity index (χ2v) is 10.3. The summed E-state index contributed by atoms with van der Waals surface area (Å²) in [6.45, 7) is 3.76. The van der Waals surface area contributed by atoms with E-state index >= 15 is 4.39 Å². The van der Waals surface area contributed by atoms with Gasteiger partial charge in [0.15, 0.2) is 5.65 Å². The largest absolute Gasteiger partial charge is 0.508 e. The van der Waals surface area contributed by atoms with Crippen molar-refractivity contribution in [3.05, 3.63) is 70.9 Å². The van der Waals surface area contributed by atoms with Crippen molar-refractivity contribution >= 4 is 28.1 Å². The number of nitrogens with zero attached hydrogens (tertiary/aromatic N) is 4. The van der Waals surface area contributed by atoms with Crippen molar-refractivity contribution in [1.82, 2.24) is 15.2 Å². The monoisotopic (exact) mass is 509 g/mol. The van der Waals surface area contributed by atoms with Gasteiger partial charge in [-0.3, -0.25) is 5.10 Å². The van der Waals surface area contributed by atoms with E-state index in [1.54, 1.807) is 18.3 Å². The molecule has 4 heterocycles. The fourth-order valence-corrected chi connectivity index (χ4v) is 5.82. The van der Waals surface area contributed by atoms with Gasteiger partial charge >= 0.3 is 0 Å². The highest BCUT2D eigenvalue weighted by molar-refractivity contribution is 7.13. The second-order valence-electron chi connectivity index (χ2n) is 9.31. The van der Waals surface area contributed by atoms with E-state index in [0.717, 1.165) is 46.4 Å². The average molecular weight is 510 g/mol. The van der Waals surface area contributed by atoms with Crippen molar-refractivity contribution in [1.29, 1.82) is 5.26 Å². The quantitative estimate of drug-likeness (QED) is 0.271. The number of thiophene rings is 1. The van der Waals surface area contributed by atoms with Crippen LogP contribution in [0.5, 0.6) is 5.75 Å². The SMILES string of the molecule is Cc1cc(-c2nc3n[nH]c(-c4cccs4)c3c(-c3ccc(N4CCCCC4)cc3)c2C#N)c(F)cc1O. The molecule has 0 aliphatic carbocycles. The van der Waals surface area contributed by atoms with Gasteiger partial charge in [0.25, 0.3) is 0 Å². The number of nitriles is 1. The molecule has 0 bridgehead atoms. The van der Waals surface area contributed by atoms with E-state index in [4.69, 9.17) is 0 Å². The zero-order chi connectivity index (χ0) is 25.5. The predicted molar refractivity (Wildman–Crippen MR) is 145 cm³/mol. The van der Waals surface area contributed by atoms with Crippen molar-refractivity contribution in [3.8, 4) is 44.8 Å². The maximum absolute atomic E-state index is 15.1. The number of anilines is 1. The highest BCUT2D eigenvalue weighted by Gasteiger charge is 2.25. The lowest BCUT2D eigenvalue weighted by Gasteiger charge is -2.29. The number of piperidine rings is 1. The number of aromatic amines is 1. The minimum absolute atomic E-state index is 0.144. The van der Waals surface area contributed by atoms with Crippen LogP contribution in [0.25, 0.3) is 44.0 Å². The molecule has 1 aliphatic heterocycles. The van der Waals surface area contributed by atoms with E-state index in [-0.39, 0.29) is 22.6 Å². The fraction of sp³-hybridized carbons (Fsp3) is 0.207. The van der Waals surface area contributed by atoms with Gasteiger partial charge in [0.2, 0.25) is 0 Å². The molecule has 8 heteroatoms. The Morgan fingerprint density at radius 1 is 1.11 bits per heavy atom. The maximum atomic E-state index is 15.1. The molecule has 2 aromatic carbocycles. The van der Waals surface area contributed by atoms with Gasteiger partial charge in [-0.05, 0) is 67.0 Å². The van der Waals surface area contributed by atoms with Gasteiger partial charge < -0.3 is 10.0 Å². The van der Waals surface area contributed by atoms with Crippen LogP contribution in [0.15, 0.2) is 53.9 Å². The Bertz CT molecular complexity index is 1650. The third-order valence-electron chi connectivity index (χ3n) is 7.00. The molecule has 184 valence electrons. The first-order valence-electron chi connectivity index (χ1n) is 12.3. The van der Waals surface area contributed by atoms with Gasteiger partial charge in [0.05, 0.1) is 27.2 Å². The summed E-state index contributed by atoms with van der Waals surface area (Å²) in [6.07, 6.45) is 3.63. The van der Waals surface area contributed by atoms with E-state index in [0.29, 0.717) is 16.8 Å². The van der Waals surface area contributed by atoms with Gasteiger partial charge in [-0.25, -0.2) is 9.37 Å². The molecule has 37 heavy (non-hydrogen) atoms. The van der Waals surface area contributed by atoms with Crippen LogP contribution in [0, 0.1) is 24.1 Å². The van der Waals surface area contributed by atoms with Crippen LogP contribution < -0.4 is 4.90 Å². The van der Waals surface area contributed by atoms with Gasteiger partial charge in [0.1, 0.15) is 17.6 Å². The normalized spacial score (nSPS) is 13.7. The molecule has 6 rings (SSSR count). The molecule has 0 spiro atoms. The third-order valence-corrected chi connectivity index (χ3v) is 7.89. The zero-order valence-corrected chi connectivity index (χ0v) is 21.1. The molecular weight excluding hydrogens is 485 g/mol. The van der Waals surface area contributed by atoms with Crippen molar-refractivity contribution < 1.29 is 9.50 Å². The molecule has 0 unspecified atom stereocenters. The number of aromatic hydroxyl groups is 1. The molecule has 1 saturated heterocycles. The summed E-state index contributed by atoms with van der Waals surface area (Å²) < 4.78 is 15.1. The second kappa shape index (κ2) is 9.34. The maximum Gasteiger partial charge on any atom is 0.182 e. The molecule has 2 N–H and O–H groups in total. The first-order chi connectivity index (χ1) is 18.0. The lowest BCUT2D eigenvalue weighted by Crippen LogP contribution is -2.29. The Kier molecular flexibility index (Phi) is 5.85. The molecule has 3 aromatic heterocycles. The summed E-state index contributed by atoms with van der Waals surface area (Å²) in [4.78, 5) is 8.02. The van der Waals surface area contributed by atoms with Crippen LogP contribution >= 0.6 is 11.3 Å². The number of benzene rings is 2. The topological polar surface area (TPSA) is 88.8 Å². The lowest BCUT2D eigenvalue weighted by molar-refractivity contribution is 0.465. The summed E-state index contributed by atoms with van der Waals surface area (Å²) in [5.74, 6) is -0.791. The first kappa shape index (κ1) is 23.2. The van der Waals surface area contributed by atoms with Gasteiger partial charge in [-0.15, -0.1) is 11.3 Å². The molecule has 1 fully saturated rings. The van der Waals surface area contributed by atoms with Crippen molar-refractivity contribution in [3.63, 3.8) is 0 Å². The van der Waals surface area contributed by atoms with E-state index in [9.17, 15) is 10.4 Å². The standard InChI is InChI=1S/C29H24FN5OS/c1-17-14-20(22(30)15-23(17)36)27-21(16-31)25(18-7-9-19(10-8-18)35-11-3-2-4-12-35)26-28(24-6-5-13-37-24)33-34-29(26)32-27/h5-10,13-15,36H,2-4,11-12H2,1H3,(H,32,33,34). The number of hydrogen-bond donors (Lipinski definition) is 2. The van der Waals surface area contributed by atoms with E-state index in [1.165, 1.54) is 25.3 Å². The minimum Gasteiger partial charge on any atom is -0.508 e. The number of phenols is 1. The van der Waals surface area contributed by atoms with Crippen LogP contribution in [0.2, 0.25) is 0 Å². The minimum atomic E-state index is -0.646. The zero-order valence-electron chi connectivity index (χ0n) is 20.3. The summed E-state index contributed by atoms with van der Waals surface area (Å²) in [5.41, 5.74) is 4.94. The molecule has 0 amide bonds. The summed E-state index contributed by atoms with van der Waals surface area (Å²) in [5, 5.41) is 30.7. The van der Waals surface area contributed by atoms with Crippen LogP contribution in [0.3, 0.4) is 0 Å². The molecule has 0 atom stereocenters. The number of halogens is 1. The van der Waals surface area contributed by atoms with E-state index in [2.05, 4.69) is 38.3 Å². The fourth-order valence-electron chi connectivity index (χ4n) is 5.09. The molecule has 5 aromatic rings. The first-order valence-corrected chi connectivity index (χ1v) is 13.1. The number of aryl methyl sites for hydroxylation is 1. The highest BCUT2D eigenvalue weighted by atomic mass is 32.1. The molecule has 6 nitrogen and oxygen atoms in total. The number of H-pyrrole nitrogens is 1. The van der Waals surface area contributed by atoms with Crippen LogP contribution in [0.4, 0.5) is 10.1 Å². The number of pyridine rings is 1.